The summed E-state index contributed by atoms with van der Waals surface area (Å²) < 4.78 is 5.52. The van der Waals surface area contributed by atoms with Crippen LogP contribution < -0.4 is 0 Å². The second-order valence-electron chi connectivity index (χ2n) is 7.80. The van der Waals surface area contributed by atoms with Gasteiger partial charge in [-0.3, -0.25) is 4.90 Å². The number of unbranched alkanes of at least 4 members (excludes halogenated alkanes) is 2. The molecule has 0 saturated carbocycles. The number of nitrogens with zero attached hydrogens (tertiary/aromatic N) is 1. The predicted molar refractivity (Wildman–Crippen MR) is 120 cm³/mol. The molecule has 2 atom stereocenters. The molecule has 0 bridgehead atoms. The zero-order valence-electron chi connectivity index (χ0n) is 17.3. The molecular formula is C24H34ClNO3. The summed E-state index contributed by atoms with van der Waals surface area (Å²) >= 11 is 0. The van der Waals surface area contributed by atoms with Gasteiger partial charge in [0.15, 0.2) is 0 Å². The molecule has 1 heterocycles. The van der Waals surface area contributed by atoms with Gasteiger partial charge in [0.05, 0.1) is 18.8 Å². The molecule has 1 aliphatic rings. The fourth-order valence-electron chi connectivity index (χ4n) is 4.17. The zero-order valence-corrected chi connectivity index (χ0v) is 18.1. The van der Waals surface area contributed by atoms with Gasteiger partial charge < -0.3 is 14.9 Å². The molecule has 2 unspecified atom stereocenters. The van der Waals surface area contributed by atoms with Gasteiger partial charge in [-0.25, -0.2) is 0 Å². The van der Waals surface area contributed by atoms with Crippen LogP contribution in [-0.4, -0.2) is 48.0 Å². The molecule has 0 spiro atoms. The number of benzene rings is 2. The number of phenolic OH excluding ortho intramolecular Hbond substituents is 1. The van der Waals surface area contributed by atoms with E-state index < -0.39 is 5.60 Å². The van der Waals surface area contributed by atoms with Crippen LogP contribution in [0.25, 0.3) is 0 Å². The zero-order chi connectivity index (χ0) is 19.8. The quantitative estimate of drug-likeness (QED) is 0.578. The van der Waals surface area contributed by atoms with Crippen molar-refractivity contribution < 1.29 is 14.9 Å². The molecule has 29 heavy (non-hydrogen) atoms. The van der Waals surface area contributed by atoms with E-state index in [0.717, 1.165) is 63.2 Å². The maximum Gasteiger partial charge on any atom is 0.115 e. The maximum absolute atomic E-state index is 12.1. The van der Waals surface area contributed by atoms with Crippen LogP contribution in [0.5, 0.6) is 5.75 Å². The molecule has 1 saturated heterocycles. The molecule has 2 aromatic carbocycles. The van der Waals surface area contributed by atoms with E-state index in [1.165, 1.54) is 0 Å². The summed E-state index contributed by atoms with van der Waals surface area (Å²) in [6.45, 7) is 6.25. The molecule has 1 fully saturated rings. The molecule has 5 heteroatoms. The average molecular weight is 420 g/mol. The second kappa shape index (κ2) is 11.6. The molecule has 0 aliphatic carbocycles. The smallest absolute Gasteiger partial charge is 0.115 e. The molecule has 1 aliphatic heterocycles. The fourth-order valence-corrected chi connectivity index (χ4v) is 4.17. The standard InChI is InChI=1S/C24H33NO3.ClH/c1-2-3-7-14-24(27,21-10-12-22(26)13-11-21)23(20-8-5-4-6-9-20)19-25-15-17-28-18-16-25;/h4-6,8-13,23,26-27H,2-3,7,14-19H2,1H3;1H. The van der Waals surface area contributed by atoms with Crippen molar-refractivity contribution in [3.05, 3.63) is 65.7 Å². The SMILES string of the molecule is CCCCCC(O)(c1ccc(O)cc1)C(CN1CCOCC1)c1ccccc1.Cl. The van der Waals surface area contributed by atoms with Crippen molar-refractivity contribution in [1.29, 1.82) is 0 Å². The Kier molecular flexibility index (Phi) is 9.44. The summed E-state index contributed by atoms with van der Waals surface area (Å²) in [5.41, 5.74) is 1.05. The highest BCUT2D eigenvalue weighted by Gasteiger charge is 2.40. The number of phenols is 1. The van der Waals surface area contributed by atoms with Gasteiger partial charge in [-0.05, 0) is 29.7 Å². The number of hydrogen-bond donors (Lipinski definition) is 2. The Balaban J connectivity index is 0.00000300. The average Bonchev–Trinajstić information content (AvgIpc) is 2.74. The third kappa shape index (κ3) is 6.19. The minimum atomic E-state index is -0.984. The normalized spacial score (nSPS) is 17.9. The maximum atomic E-state index is 12.1. The Hall–Kier alpha value is -1.59. The molecule has 0 radical (unpaired) electrons. The van der Waals surface area contributed by atoms with Crippen molar-refractivity contribution in [1.82, 2.24) is 4.90 Å². The van der Waals surface area contributed by atoms with Gasteiger partial charge in [0.25, 0.3) is 0 Å². The highest BCUT2D eigenvalue weighted by molar-refractivity contribution is 5.85. The van der Waals surface area contributed by atoms with E-state index in [2.05, 4.69) is 24.0 Å². The van der Waals surface area contributed by atoms with Gasteiger partial charge in [0.1, 0.15) is 5.75 Å². The van der Waals surface area contributed by atoms with Crippen LogP contribution in [0.2, 0.25) is 0 Å². The lowest BCUT2D eigenvalue weighted by molar-refractivity contribution is -0.0295. The van der Waals surface area contributed by atoms with E-state index in [1.807, 2.05) is 30.3 Å². The Morgan fingerprint density at radius 1 is 1.00 bits per heavy atom. The Morgan fingerprint density at radius 3 is 2.28 bits per heavy atom. The third-order valence-electron chi connectivity index (χ3n) is 5.85. The first-order valence-corrected chi connectivity index (χ1v) is 10.5. The fraction of sp³-hybridized carbons (Fsp3) is 0.500. The predicted octanol–water partition coefficient (Wildman–Crippen LogP) is 4.70. The number of rotatable bonds is 9. The van der Waals surface area contributed by atoms with Gasteiger partial charge >= 0.3 is 0 Å². The molecule has 2 N–H and O–H groups in total. The topological polar surface area (TPSA) is 52.9 Å². The number of aliphatic hydroxyl groups is 1. The van der Waals surface area contributed by atoms with Crippen LogP contribution in [0.4, 0.5) is 0 Å². The van der Waals surface area contributed by atoms with Crippen LogP contribution in [-0.2, 0) is 10.3 Å². The first kappa shape index (κ1) is 23.7. The molecular weight excluding hydrogens is 386 g/mol. The molecule has 160 valence electrons. The van der Waals surface area contributed by atoms with Crippen molar-refractivity contribution in [3.63, 3.8) is 0 Å². The number of hydrogen-bond acceptors (Lipinski definition) is 4. The van der Waals surface area contributed by atoms with Crippen molar-refractivity contribution in [3.8, 4) is 5.75 Å². The first-order chi connectivity index (χ1) is 13.6. The van der Waals surface area contributed by atoms with Gasteiger partial charge in [-0.1, -0.05) is 68.7 Å². The lowest BCUT2D eigenvalue weighted by atomic mass is 9.74. The molecule has 3 rings (SSSR count). The van der Waals surface area contributed by atoms with E-state index in [4.69, 9.17) is 4.74 Å². The summed E-state index contributed by atoms with van der Waals surface area (Å²) in [6.07, 6.45) is 3.89. The number of morpholine rings is 1. The second-order valence-corrected chi connectivity index (χ2v) is 7.80. The summed E-state index contributed by atoms with van der Waals surface area (Å²) in [7, 11) is 0. The highest BCUT2D eigenvalue weighted by Crippen LogP contribution is 2.42. The van der Waals surface area contributed by atoms with Crippen LogP contribution >= 0.6 is 12.4 Å². The Labute approximate surface area is 180 Å². The third-order valence-corrected chi connectivity index (χ3v) is 5.85. The van der Waals surface area contributed by atoms with Gasteiger partial charge in [-0.2, -0.15) is 0 Å². The number of halogens is 1. The van der Waals surface area contributed by atoms with Crippen LogP contribution in [0.15, 0.2) is 54.6 Å². The molecule has 4 nitrogen and oxygen atoms in total. The lowest BCUT2D eigenvalue weighted by Gasteiger charge is -2.41. The first-order valence-electron chi connectivity index (χ1n) is 10.5. The van der Waals surface area contributed by atoms with Crippen molar-refractivity contribution in [2.24, 2.45) is 0 Å². The summed E-state index contributed by atoms with van der Waals surface area (Å²) in [6, 6.07) is 17.5. The van der Waals surface area contributed by atoms with Gasteiger partial charge in [0.2, 0.25) is 0 Å². The molecule has 2 aromatic rings. The largest absolute Gasteiger partial charge is 0.508 e. The minimum absolute atomic E-state index is 0. The van der Waals surface area contributed by atoms with Crippen molar-refractivity contribution >= 4 is 12.4 Å². The Bertz CT molecular complexity index is 704. The monoisotopic (exact) mass is 419 g/mol. The summed E-state index contributed by atoms with van der Waals surface area (Å²) in [5, 5.41) is 21.9. The van der Waals surface area contributed by atoms with E-state index in [9.17, 15) is 10.2 Å². The minimum Gasteiger partial charge on any atom is -0.508 e. The van der Waals surface area contributed by atoms with E-state index in [0.29, 0.717) is 6.42 Å². The summed E-state index contributed by atoms with van der Waals surface area (Å²) in [5.74, 6) is 0.178. The number of ether oxygens (including phenoxy) is 1. The highest BCUT2D eigenvalue weighted by atomic mass is 35.5. The summed E-state index contributed by atoms with van der Waals surface area (Å²) in [4.78, 5) is 2.40. The van der Waals surface area contributed by atoms with Gasteiger partial charge in [0, 0.05) is 25.6 Å². The van der Waals surface area contributed by atoms with Crippen molar-refractivity contribution in [2.45, 2.75) is 44.1 Å². The van der Waals surface area contributed by atoms with Crippen molar-refractivity contribution in [2.75, 3.05) is 32.8 Å². The lowest BCUT2D eigenvalue weighted by Crippen LogP contribution is -2.45. The van der Waals surface area contributed by atoms with Gasteiger partial charge in [-0.15, -0.1) is 12.4 Å². The molecule has 0 aromatic heterocycles. The van der Waals surface area contributed by atoms with Crippen LogP contribution in [0.3, 0.4) is 0 Å². The van der Waals surface area contributed by atoms with Crippen LogP contribution in [0.1, 0.15) is 49.7 Å². The van der Waals surface area contributed by atoms with E-state index in [1.54, 1.807) is 12.1 Å². The Morgan fingerprint density at radius 2 is 1.66 bits per heavy atom. The van der Waals surface area contributed by atoms with E-state index in [-0.39, 0.29) is 24.1 Å². The molecule has 0 amide bonds. The number of aromatic hydroxyl groups is 1. The van der Waals surface area contributed by atoms with Crippen LogP contribution in [0, 0.1) is 0 Å². The van der Waals surface area contributed by atoms with E-state index >= 15 is 0 Å².